The summed E-state index contributed by atoms with van der Waals surface area (Å²) in [6.45, 7) is 11.8. The van der Waals surface area contributed by atoms with Gasteiger partial charge in [-0.25, -0.2) is 43.5 Å². The summed E-state index contributed by atoms with van der Waals surface area (Å²) in [4.78, 5) is 147. The molecule has 3 aromatic heterocycles. The summed E-state index contributed by atoms with van der Waals surface area (Å²) in [6, 6.07) is 18.9. The Hall–Kier alpha value is -8.97. The number of hydrogen-bond acceptors (Lipinski definition) is 18. The third kappa shape index (κ3) is 12.8. The Balaban J connectivity index is 1.64. The van der Waals surface area contributed by atoms with E-state index in [0.29, 0.717) is 6.29 Å². The number of carbonyl (C=O) groups excluding carboxylic acids is 9. The van der Waals surface area contributed by atoms with E-state index in [4.69, 9.17) is 43.1 Å². The fourth-order valence-corrected chi connectivity index (χ4v) is 12.9. The number of aromatic nitrogens is 4. The highest BCUT2D eigenvalue weighted by molar-refractivity contribution is 9.11. The molecule has 0 spiro atoms. The van der Waals surface area contributed by atoms with Gasteiger partial charge in [0, 0.05) is 90.0 Å². The third-order valence-corrected chi connectivity index (χ3v) is 17.1. The van der Waals surface area contributed by atoms with Crippen LogP contribution in [0.1, 0.15) is 161 Å². The number of nitrogens with zero attached hydrogens (tertiary/aromatic N) is 2. The van der Waals surface area contributed by atoms with Crippen LogP contribution in [0.5, 0.6) is 0 Å². The molecule has 9 rings (SSSR count). The monoisotopic (exact) mass is 1500 g/mol. The zero-order valence-corrected chi connectivity index (χ0v) is 57.0. The molecule has 7 aromatic rings. The number of hydrogen-bond donors (Lipinski definition) is 2. The Bertz CT molecular complexity index is 4540. The third-order valence-electron chi connectivity index (χ3n) is 14.4. The average molecular weight is 1500 g/mol. The highest BCUT2D eigenvalue weighted by Crippen LogP contribution is 2.46. The van der Waals surface area contributed by atoms with Crippen molar-refractivity contribution in [2.24, 2.45) is 0 Å². The zero-order chi connectivity index (χ0) is 66.4. The lowest BCUT2D eigenvalue weighted by Gasteiger charge is -2.17. The molecular formula is C68H56Br4N4O16. The van der Waals surface area contributed by atoms with Gasteiger partial charge >= 0.3 is 41.8 Å². The molecule has 0 fully saturated rings. The number of rotatable bonds is 20. The molecule has 472 valence electrons. The minimum Gasteiger partial charge on any atom is -0.462 e. The number of aldehydes is 1. The van der Waals surface area contributed by atoms with E-state index in [1.165, 1.54) is 31.2 Å². The molecule has 0 unspecified atom stereocenters. The molecule has 0 saturated heterocycles. The van der Waals surface area contributed by atoms with Crippen molar-refractivity contribution < 1.29 is 76.3 Å². The van der Waals surface area contributed by atoms with Crippen molar-refractivity contribution in [2.45, 2.75) is 55.4 Å². The van der Waals surface area contributed by atoms with Crippen molar-refractivity contribution >= 4 is 163 Å². The van der Waals surface area contributed by atoms with Crippen LogP contribution in [-0.4, -0.2) is 120 Å². The predicted octanol–water partition coefficient (Wildman–Crippen LogP) is 15.4. The topological polar surface area (TPSA) is 276 Å². The number of halogens is 4. The lowest BCUT2D eigenvalue weighted by Crippen LogP contribution is -2.17. The number of esters is 7. The number of ether oxygens (including phenoxy) is 7. The van der Waals surface area contributed by atoms with Crippen LogP contribution >= 0.6 is 63.7 Å². The first kappa shape index (κ1) is 67.4. The smallest absolute Gasteiger partial charge is 0.340 e. The summed E-state index contributed by atoms with van der Waals surface area (Å²) in [6.07, 6.45) is 5.23. The number of allylic oxidation sites excluding steroid dienone is 1. The maximum Gasteiger partial charge on any atom is 0.340 e. The molecule has 92 heavy (non-hydrogen) atoms. The van der Waals surface area contributed by atoms with E-state index >= 15 is 0 Å². The van der Waals surface area contributed by atoms with Gasteiger partial charge in [-0.3, -0.25) is 9.59 Å². The summed E-state index contributed by atoms with van der Waals surface area (Å²) in [5, 5.41) is 0. The summed E-state index contributed by atoms with van der Waals surface area (Å²) in [5.74, 6) is -6.86. The van der Waals surface area contributed by atoms with E-state index in [-0.39, 0.29) is 204 Å². The lowest BCUT2D eigenvalue weighted by molar-refractivity contribution is -0.103. The summed E-state index contributed by atoms with van der Waals surface area (Å²) >= 11 is 14.0. The first-order valence-corrected chi connectivity index (χ1v) is 32.1. The molecule has 24 heteroatoms. The number of ketones is 1. The summed E-state index contributed by atoms with van der Waals surface area (Å²) in [7, 11) is 0. The quantitative estimate of drug-likeness (QED) is 0.0310. The first-order valence-electron chi connectivity index (χ1n) is 28.9. The molecule has 8 bridgehead atoms. The molecule has 2 aliphatic heterocycles. The number of fused-ring (bicyclic) bond motifs is 8. The minimum absolute atomic E-state index is 0.00222. The maximum absolute atomic E-state index is 14.7. The average Bonchev–Trinajstić information content (AvgIpc) is 1.49. The second-order valence-electron chi connectivity index (χ2n) is 19.8. The van der Waals surface area contributed by atoms with Crippen molar-refractivity contribution in [3.63, 3.8) is 0 Å². The van der Waals surface area contributed by atoms with Crippen LogP contribution in [0.25, 0.3) is 90.4 Å². The highest BCUT2D eigenvalue weighted by Gasteiger charge is 2.35. The van der Waals surface area contributed by atoms with Gasteiger partial charge in [-0.1, -0.05) is 24.3 Å². The van der Waals surface area contributed by atoms with E-state index in [1.807, 2.05) is 0 Å². The molecule has 0 radical (unpaired) electrons. The SMILES string of the molecule is CCOC(=O)c1c(Br)ccc(-c2c3nc(c(-c4ccc(Br)c(C(=O)OCC)c4C(=O)OCC)c4ccc([nH]4)c(-c4ccc(Br)c(C(=O)OCC)c4C(=O)OCC)c4nc(c(-c5ccc(Br)c(C(=O)OCC)c5C(=O)OCC)c5ccc2[nH]5)C(C=O)=C4)C=C3)c1C(C)=O. The van der Waals surface area contributed by atoms with Gasteiger partial charge in [0.1, 0.15) is 0 Å². The first-order chi connectivity index (χ1) is 44.2. The fraction of sp³-hybridized carbons (Fsp3) is 0.221. The van der Waals surface area contributed by atoms with E-state index < -0.39 is 47.6 Å². The molecule has 0 atom stereocenters. The number of Topliss-reactive ketones (excluding diaryl/α,β-unsaturated/α-hetero) is 1. The van der Waals surface area contributed by atoms with Crippen LogP contribution in [0.15, 0.2) is 90.7 Å². The van der Waals surface area contributed by atoms with Crippen LogP contribution in [0.4, 0.5) is 0 Å². The number of H-pyrrole nitrogens is 2. The van der Waals surface area contributed by atoms with Gasteiger partial charge in [-0.05, 0) is 191 Å². The van der Waals surface area contributed by atoms with Crippen LogP contribution < -0.4 is 0 Å². The molecule has 2 N–H and O–H groups in total. The number of benzene rings is 4. The second-order valence-corrected chi connectivity index (χ2v) is 23.2. The zero-order valence-electron chi connectivity index (χ0n) is 50.6. The number of carbonyl (C=O) groups is 9. The second kappa shape index (κ2) is 29.1. The Labute approximate surface area is 560 Å². The molecule has 2 aliphatic rings. The molecular weight excluding hydrogens is 1450 g/mol. The van der Waals surface area contributed by atoms with E-state index in [1.54, 1.807) is 115 Å². The summed E-state index contributed by atoms with van der Waals surface area (Å²) in [5.41, 5.74) is -0.0581. The lowest BCUT2D eigenvalue weighted by atomic mass is 9.92. The van der Waals surface area contributed by atoms with Crippen molar-refractivity contribution in [3.05, 3.63) is 158 Å². The predicted molar refractivity (Wildman–Crippen MR) is 358 cm³/mol. The van der Waals surface area contributed by atoms with Crippen molar-refractivity contribution in [2.75, 3.05) is 46.2 Å². The van der Waals surface area contributed by atoms with Crippen LogP contribution in [0, 0.1) is 0 Å². The van der Waals surface area contributed by atoms with Gasteiger partial charge in [0.05, 0.1) is 108 Å². The Kier molecular flexibility index (Phi) is 21.3. The van der Waals surface area contributed by atoms with Gasteiger partial charge in [-0.2, -0.15) is 0 Å². The van der Waals surface area contributed by atoms with Crippen LogP contribution in [-0.2, 0) is 38.0 Å². The largest absolute Gasteiger partial charge is 0.462 e. The Morgan fingerprint density at radius 1 is 0.370 bits per heavy atom. The van der Waals surface area contributed by atoms with Gasteiger partial charge in [0.2, 0.25) is 0 Å². The van der Waals surface area contributed by atoms with Gasteiger partial charge in [0.15, 0.2) is 12.1 Å². The standard InChI is InChI=1S/C68H56Br4N4O16/c1-9-86-62(79)54-35(17-21-39(70)58(54)66(83)90-13-5)51-44-25-24-42(73-44)50(34-16-20-38(69)57(49(34)32(8)78)65(82)89-12-4)43-28-29-47(75-43)53(37-19-23-41(72)60(68(85)92-15-7)56(37)64(81)88-11-3)61-33(31-77)30-48(76-61)52(46-27-26-45(51)74-46)36-18-22-40(71)59(67(84)91-14-6)55(36)63(80)87-10-2/h16-31,74-75H,9-15H2,1-8H3. The Morgan fingerprint density at radius 2 is 0.641 bits per heavy atom. The van der Waals surface area contributed by atoms with Crippen LogP contribution in [0.2, 0.25) is 0 Å². The van der Waals surface area contributed by atoms with Crippen LogP contribution in [0.3, 0.4) is 0 Å². The van der Waals surface area contributed by atoms with E-state index in [0.717, 1.165) is 0 Å². The molecule has 0 aliphatic carbocycles. The van der Waals surface area contributed by atoms with Gasteiger partial charge < -0.3 is 43.1 Å². The molecule has 4 aromatic carbocycles. The summed E-state index contributed by atoms with van der Waals surface area (Å²) < 4.78 is 40.0. The number of aromatic amines is 2. The highest BCUT2D eigenvalue weighted by atomic mass is 79.9. The van der Waals surface area contributed by atoms with E-state index in [2.05, 4.69) is 73.7 Å². The van der Waals surface area contributed by atoms with Crippen molar-refractivity contribution in [1.29, 1.82) is 0 Å². The fourth-order valence-electron chi connectivity index (χ4n) is 10.9. The number of nitrogens with one attached hydrogen (secondary N) is 2. The minimum atomic E-state index is -0.962. The van der Waals surface area contributed by atoms with Crippen molar-refractivity contribution in [1.82, 2.24) is 19.9 Å². The molecule has 0 saturated carbocycles. The van der Waals surface area contributed by atoms with Gasteiger partial charge in [0.25, 0.3) is 0 Å². The maximum atomic E-state index is 14.7. The van der Waals surface area contributed by atoms with Crippen molar-refractivity contribution in [3.8, 4) is 44.5 Å². The Morgan fingerprint density at radius 3 is 0.946 bits per heavy atom. The normalized spacial score (nSPS) is 11.5. The van der Waals surface area contributed by atoms with E-state index in [9.17, 15) is 43.2 Å². The molecule has 20 nitrogen and oxygen atoms in total. The molecule has 5 heterocycles. The molecule has 0 amide bonds. The van der Waals surface area contributed by atoms with Gasteiger partial charge in [-0.15, -0.1) is 0 Å².